The lowest BCUT2D eigenvalue weighted by atomic mass is 10.9. The fourth-order valence-electron chi connectivity index (χ4n) is 0.637. The summed E-state index contributed by atoms with van der Waals surface area (Å²) in [6.07, 6.45) is 1.23. The van der Waals surface area contributed by atoms with Crippen molar-refractivity contribution in [1.29, 1.82) is 0 Å². The fourth-order valence-corrected chi connectivity index (χ4v) is 1.74. The average molecular weight is 207 g/mol. The second-order valence-electron chi connectivity index (χ2n) is 2.04. The van der Waals surface area contributed by atoms with Crippen molar-refractivity contribution in [3.63, 3.8) is 0 Å². The van der Waals surface area contributed by atoms with Crippen molar-refractivity contribution < 1.29 is 18.3 Å². The Labute approximate surface area is 79.4 Å². The van der Waals surface area contributed by atoms with Crippen LogP contribution in [0.2, 0.25) is 0 Å². The van der Waals surface area contributed by atoms with Gasteiger partial charge in [0, 0.05) is 0 Å². The largest absolute Gasteiger partial charge is 0.500 e. The predicted molar refractivity (Wildman–Crippen MR) is 50.3 cm³/mol. The normalized spacial score (nSPS) is 12.2. The second kappa shape index (κ2) is 7.13. The highest BCUT2D eigenvalue weighted by molar-refractivity contribution is 7.55. The first kappa shape index (κ1) is 12.7. The molecule has 0 heterocycles. The maximum absolute atomic E-state index is 11.6. The minimum absolute atomic E-state index is 0.324. The van der Waals surface area contributed by atoms with Gasteiger partial charge in [-0.3, -0.25) is 4.57 Å². The summed E-state index contributed by atoms with van der Waals surface area (Å²) in [6.45, 7) is 6.46. The van der Waals surface area contributed by atoms with Crippen LogP contribution in [0.1, 0.15) is 20.8 Å². The molecule has 13 heavy (non-hydrogen) atoms. The summed E-state index contributed by atoms with van der Waals surface area (Å²) in [5, 5.41) is 0. The summed E-state index contributed by atoms with van der Waals surface area (Å²) in [7, 11) is -3.18. The molecule has 0 aromatic rings. The second-order valence-corrected chi connectivity index (χ2v) is 3.80. The van der Waals surface area contributed by atoms with Crippen molar-refractivity contribution in [2.24, 2.45) is 0 Å². The Hall–Kier alpha value is -0.310. The van der Waals surface area contributed by atoms with E-state index in [1.54, 1.807) is 13.8 Å². The van der Waals surface area contributed by atoms with Crippen molar-refractivity contribution in [2.45, 2.75) is 20.8 Å². The van der Waals surface area contributed by atoms with E-state index >= 15 is 0 Å². The van der Waals surface area contributed by atoms with E-state index in [4.69, 9.17) is 13.8 Å². The van der Waals surface area contributed by atoms with Crippen LogP contribution in [0.3, 0.4) is 0 Å². The molecule has 0 aromatic carbocycles. The fraction of sp³-hybridized carbons (Fsp3) is 0.750. The van der Waals surface area contributed by atoms with E-state index in [1.165, 1.54) is 6.26 Å². The zero-order valence-electron chi connectivity index (χ0n) is 8.28. The van der Waals surface area contributed by atoms with Gasteiger partial charge in [-0.25, -0.2) is 0 Å². The van der Waals surface area contributed by atoms with Gasteiger partial charge < -0.3 is 13.8 Å². The lowest BCUT2D eigenvalue weighted by Gasteiger charge is -2.11. The predicted octanol–water partition coefficient (Wildman–Crippen LogP) is 2.56. The smallest absolute Gasteiger partial charge is 0.365 e. The summed E-state index contributed by atoms with van der Waals surface area (Å²) in [4.78, 5) is 0. The van der Waals surface area contributed by atoms with Crippen LogP contribution in [0.5, 0.6) is 0 Å². The summed E-state index contributed by atoms with van der Waals surface area (Å²) >= 11 is 0. The Morgan fingerprint density at radius 1 is 1.15 bits per heavy atom. The van der Waals surface area contributed by atoms with E-state index in [-0.39, 0.29) is 0 Å². The number of ether oxygens (including phenoxy) is 1. The monoisotopic (exact) mass is 207 g/mol. The molecule has 5 heteroatoms. The van der Waals surface area contributed by atoms with Gasteiger partial charge in [0.2, 0.25) is 0 Å². The average Bonchev–Trinajstić information content (AvgIpc) is 2.05. The Balaban J connectivity index is 4.14. The Morgan fingerprint density at radius 3 is 2.08 bits per heavy atom. The lowest BCUT2D eigenvalue weighted by Crippen LogP contribution is -1.93. The van der Waals surface area contributed by atoms with Gasteiger partial charge in [-0.1, -0.05) is 0 Å². The Morgan fingerprint density at radius 2 is 1.69 bits per heavy atom. The Kier molecular flexibility index (Phi) is 6.96. The summed E-state index contributed by atoms with van der Waals surface area (Å²) in [6, 6.07) is 0. The summed E-state index contributed by atoms with van der Waals surface area (Å²) < 4.78 is 26.3. The van der Waals surface area contributed by atoms with Gasteiger partial charge in [-0.2, -0.15) is 0 Å². The molecule has 0 atom stereocenters. The third-order valence-electron chi connectivity index (χ3n) is 1.06. The molecular formula is C8H16O4P. The molecule has 0 unspecified atom stereocenters. The minimum atomic E-state index is -3.18. The van der Waals surface area contributed by atoms with Crippen LogP contribution in [0.15, 0.2) is 6.26 Å². The van der Waals surface area contributed by atoms with Gasteiger partial charge in [0.1, 0.15) is 5.82 Å². The maximum atomic E-state index is 11.6. The maximum Gasteiger partial charge on any atom is 0.365 e. The molecule has 0 aliphatic heterocycles. The van der Waals surface area contributed by atoms with Crippen molar-refractivity contribution >= 4 is 7.60 Å². The molecule has 0 fully saturated rings. The highest BCUT2D eigenvalue weighted by Gasteiger charge is 2.19. The summed E-state index contributed by atoms with van der Waals surface area (Å²) in [5.74, 6) is 2.46. The van der Waals surface area contributed by atoms with Gasteiger partial charge in [-0.05, 0) is 20.8 Å². The highest BCUT2D eigenvalue weighted by Crippen LogP contribution is 2.48. The summed E-state index contributed by atoms with van der Waals surface area (Å²) in [5.41, 5.74) is 0. The van der Waals surface area contributed by atoms with Crippen LogP contribution in [0, 0.1) is 5.82 Å². The third kappa shape index (κ3) is 5.86. The highest BCUT2D eigenvalue weighted by atomic mass is 31.2. The van der Waals surface area contributed by atoms with Gasteiger partial charge in [0.05, 0.1) is 26.1 Å². The van der Waals surface area contributed by atoms with Crippen LogP contribution in [-0.4, -0.2) is 19.8 Å². The van der Waals surface area contributed by atoms with Gasteiger partial charge in [-0.15, -0.1) is 0 Å². The molecule has 0 saturated carbocycles. The van der Waals surface area contributed by atoms with Crippen LogP contribution in [0.25, 0.3) is 0 Å². The van der Waals surface area contributed by atoms with E-state index in [0.717, 1.165) is 0 Å². The van der Waals surface area contributed by atoms with Crippen LogP contribution in [0.4, 0.5) is 0 Å². The molecule has 0 aliphatic rings. The van der Waals surface area contributed by atoms with Crippen molar-refractivity contribution in [3.8, 4) is 0 Å². The molecule has 0 spiro atoms. The zero-order valence-corrected chi connectivity index (χ0v) is 9.17. The van der Waals surface area contributed by atoms with Crippen molar-refractivity contribution in [3.05, 3.63) is 12.1 Å². The molecule has 0 aromatic heterocycles. The molecule has 0 rings (SSSR count). The molecule has 1 radical (unpaired) electrons. The van der Waals surface area contributed by atoms with E-state index in [9.17, 15) is 4.57 Å². The quantitative estimate of drug-likeness (QED) is 0.475. The zero-order chi connectivity index (χ0) is 10.2. The van der Waals surface area contributed by atoms with Crippen molar-refractivity contribution in [2.75, 3.05) is 19.8 Å². The van der Waals surface area contributed by atoms with Gasteiger partial charge >= 0.3 is 7.60 Å². The first-order valence-electron chi connectivity index (χ1n) is 4.28. The minimum Gasteiger partial charge on any atom is -0.500 e. The molecule has 0 amide bonds. The Bertz CT molecular complexity index is 181. The number of rotatable bonds is 7. The molecular weight excluding hydrogens is 191 g/mol. The van der Waals surface area contributed by atoms with Gasteiger partial charge in [0.15, 0.2) is 0 Å². The molecule has 77 valence electrons. The van der Waals surface area contributed by atoms with E-state index in [1.807, 2.05) is 6.92 Å². The van der Waals surface area contributed by atoms with Crippen LogP contribution in [-0.2, 0) is 18.3 Å². The molecule has 0 N–H and O–H groups in total. The van der Waals surface area contributed by atoms with Crippen LogP contribution < -0.4 is 0 Å². The van der Waals surface area contributed by atoms with E-state index in [2.05, 4.69) is 5.82 Å². The van der Waals surface area contributed by atoms with E-state index in [0.29, 0.717) is 19.8 Å². The molecule has 0 saturated heterocycles. The van der Waals surface area contributed by atoms with Crippen molar-refractivity contribution in [1.82, 2.24) is 0 Å². The SMILES string of the molecule is CCOC=[C]P(=O)(OCC)OCC. The molecule has 4 nitrogen and oxygen atoms in total. The van der Waals surface area contributed by atoms with E-state index < -0.39 is 7.60 Å². The number of hydrogen-bond acceptors (Lipinski definition) is 4. The molecule has 0 aliphatic carbocycles. The van der Waals surface area contributed by atoms with Gasteiger partial charge in [0.25, 0.3) is 0 Å². The first-order valence-corrected chi connectivity index (χ1v) is 5.83. The lowest BCUT2D eigenvalue weighted by molar-refractivity contribution is 0.223. The van der Waals surface area contributed by atoms with Crippen LogP contribution >= 0.6 is 7.60 Å². The topological polar surface area (TPSA) is 44.8 Å². The third-order valence-corrected chi connectivity index (χ3v) is 2.68. The first-order chi connectivity index (χ1) is 6.18. The standard InChI is InChI=1S/C8H16O4P/c1-4-10-7-8-13(9,11-5-2)12-6-3/h7H,4-6H2,1-3H3. The molecule has 0 bridgehead atoms. The number of hydrogen-bond donors (Lipinski definition) is 0.